The first kappa shape index (κ1) is 9.85. The monoisotopic (exact) mass is 203 g/mol. The van der Waals surface area contributed by atoms with Gasteiger partial charge in [0, 0.05) is 6.42 Å². The lowest BCUT2D eigenvalue weighted by Gasteiger charge is -2.12. The lowest BCUT2D eigenvalue weighted by Crippen LogP contribution is -1.98. The molecule has 1 aromatic rings. The molecule has 0 radical (unpaired) electrons. The molecule has 1 aromatic carbocycles. The van der Waals surface area contributed by atoms with Crippen molar-refractivity contribution in [3.63, 3.8) is 0 Å². The van der Waals surface area contributed by atoms with Crippen molar-refractivity contribution >= 4 is 0 Å². The maximum absolute atomic E-state index is 8.68. The van der Waals surface area contributed by atoms with E-state index in [-0.39, 0.29) is 0 Å². The van der Waals surface area contributed by atoms with E-state index < -0.39 is 0 Å². The maximum Gasteiger partial charge on any atom is 0.164 e. The molecule has 0 saturated heterocycles. The van der Waals surface area contributed by atoms with E-state index in [4.69, 9.17) is 14.7 Å². The van der Waals surface area contributed by atoms with Crippen molar-refractivity contribution in [2.24, 2.45) is 0 Å². The molecular formula is C12H13NO2. The van der Waals surface area contributed by atoms with E-state index in [2.05, 4.69) is 6.07 Å². The summed E-state index contributed by atoms with van der Waals surface area (Å²) in [6.07, 6.45) is 1.32. The Balaban J connectivity index is 2.42. The highest BCUT2D eigenvalue weighted by Gasteiger charge is 2.14. The molecule has 78 valence electrons. The summed E-state index contributed by atoms with van der Waals surface area (Å²) in [4.78, 5) is 0. The van der Waals surface area contributed by atoms with Gasteiger partial charge in [-0.25, -0.2) is 0 Å². The van der Waals surface area contributed by atoms with Crippen LogP contribution < -0.4 is 9.47 Å². The van der Waals surface area contributed by atoms with Crippen LogP contribution in [0.1, 0.15) is 17.5 Å². The van der Waals surface area contributed by atoms with Crippen molar-refractivity contribution in [3.05, 3.63) is 23.3 Å². The van der Waals surface area contributed by atoms with E-state index in [1.807, 2.05) is 19.1 Å². The number of nitriles is 1. The van der Waals surface area contributed by atoms with Crippen LogP contribution >= 0.6 is 0 Å². The van der Waals surface area contributed by atoms with E-state index in [1.165, 1.54) is 0 Å². The van der Waals surface area contributed by atoms with Crippen LogP contribution in [0, 0.1) is 18.3 Å². The zero-order valence-electron chi connectivity index (χ0n) is 8.75. The molecule has 0 amide bonds. The van der Waals surface area contributed by atoms with Crippen molar-refractivity contribution in [1.29, 1.82) is 5.26 Å². The van der Waals surface area contributed by atoms with Crippen LogP contribution in [0.25, 0.3) is 0 Å². The van der Waals surface area contributed by atoms with Gasteiger partial charge in [0.1, 0.15) is 0 Å². The molecule has 0 unspecified atom stereocenters. The first-order valence-electron chi connectivity index (χ1n) is 5.08. The Kier molecular flexibility index (Phi) is 2.77. The molecule has 0 aliphatic carbocycles. The number of ether oxygens (including phenoxy) is 2. The van der Waals surface area contributed by atoms with E-state index in [1.54, 1.807) is 0 Å². The molecule has 1 heterocycles. The highest BCUT2D eigenvalue weighted by Crippen LogP contribution is 2.34. The fourth-order valence-electron chi connectivity index (χ4n) is 1.69. The summed E-state index contributed by atoms with van der Waals surface area (Å²) in [6.45, 7) is 3.36. The Bertz CT molecular complexity index is 407. The molecule has 0 atom stereocenters. The Morgan fingerprint density at radius 3 is 2.93 bits per heavy atom. The summed E-state index contributed by atoms with van der Waals surface area (Å²) in [5.41, 5.74) is 2.04. The number of hydrogen-bond donors (Lipinski definition) is 0. The number of rotatable bonds is 1. The van der Waals surface area contributed by atoms with Crippen LogP contribution in [0.3, 0.4) is 0 Å². The second kappa shape index (κ2) is 4.22. The largest absolute Gasteiger partial charge is 0.490 e. The van der Waals surface area contributed by atoms with Crippen molar-refractivity contribution in [1.82, 2.24) is 0 Å². The second-order valence-corrected chi connectivity index (χ2v) is 3.56. The highest BCUT2D eigenvalue weighted by atomic mass is 16.5. The molecule has 0 spiro atoms. The number of hydrogen-bond acceptors (Lipinski definition) is 3. The SMILES string of the molecule is Cc1c(CC#N)ccc2c1OCCCO2. The predicted molar refractivity (Wildman–Crippen MR) is 56.1 cm³/mol. The lowest BCUT2D eigenvalue weighted by atomic mass is 10.0. The molecule has 0 aromatic heterocycles. The normalized spacial score (nSPS) is 14.1. The average molecular weight is 203 g/mol. The van der Waals surface area contributed by atoms with Gasteiger partial charge in [-0.3, -0.25) is 0 Å². The summed E-state index contributed by atoms with van der Waals surface area (Å²) in [5, 5.41) is 8.68. The Labute approximate surface area is 89.2 Å². The molecule has 3 nitrogen and oxygen atoms in total. The van der Waals surface area contributed by atoms with Crippen molar-refractivity contribution in [3.8, 4) is 17.6 Å². The van der Waals surface area contributed by atoms with E-state index >= 15 is 0 Å². The van der Waals surface area contributed by atoms with Gasteiger partial charge in [0.15, 0.2) is 11.5 Å². The van der Waals surface area contributed by atoms with Crippen LogP contribution in [0.15, 0.2) is 12.1 Å². The third-order valence-electron chi connectivity index (χ3n) is 2.54. The van der Waals surface area contributed by atoms with Gasteiger partial charge < -0.3 is 9.47 Å². The average Bonchev–Trinajstić information content (AvgIpc) is 2.48. The van der Waals surface area contributed by atoms with Gasteiger partial charge >= 0.3 is 0 Å². The van der Waals surface area contributed by atoms with E-state index in [9.17, 15) is 0 Å². The predicted octanol–water partition coefficient (Wildman–Crippen LogP) is 2.22. The quantitative estimate of drug-likeness (QED) is 0.702. The molecule has 1 aliphatic rings. The van der Waals surface area contributed by atoms with Crippen LogP contribution in [0.2, 0.25) is 0 Å². The number of benzene rings is 1. The summed E-state index contributed by atoms with van der Waals surface area (Å²) >= 11 is 0. The van der Waals surface area contributed by atoms with Crippen LogP contribution in [0.4, 0.5) is 0 Å². The van der Waals surface area contributed by atoms with Crippen molar-refractivity contribution < 1.29 is 9.47 Å². The van der Waals surface area contributed by atoms with Crippen LogP contribution in [0.5, 0.6) is 11.5 Å². The van der Waals surface area contributed by atoms with Gasteiger partial charge in [-0.05, 0) is 24.1 Å². The molecule has 0 fully saturated rings. The Morgan fingerprint density at radius 1 is 1.33 bits per heavy atom. The molecule has 3 heteroatoms. The molecule has 0 N–H and O–H groups in total. The number of fused-ring (bicyclic) bond motifs is 1. The molecule has 1 aliphatic heterocycles. The van der Waals surface area contributed by atoms with Gasteiger partial charge in [0.05, 0.1) is 25.7 Å². The highest BCUT2D eigenvalue weighted by molar-refractivity contribution is 5.51. The third-order valence-corrected chi connectivity index (χ3v) is 2.54. The van der Waals surface area contributed by atoms with E-state index in [0.717, 1.165) is 29.0 Å². The standard InChI is InChI=1S/C12H13NO2/c1-9-10(5-6-13)3-4-11-12(9)15-8-2-7-14-11/h3-4H,2,5,7-8H2,1H3. The first-order valence-corrected chi connectivity index (χ1v) is 5.08. The summed E-state index contributed by atoms with van der Waals surface area (Å²) < 4.78 is 11.2. The van der Waals surface area contributed by atoms with Gasteiger partial charge in [0.2, 0.25) is 0 Å². The molecule has 0 saturated carbocycles. The molecule has 15 heavy (non-hydrogen) atoms. The van der Waals surface area contributed by atoms with Gasteiger partial charge in [0.25, 0.3) is 0 Å². The second-order valence-electron chi connectivity index (χ2n) is 3.56. The zero-order valence-corrected chi connectivity index (χ0v) is 8.75. The minimum Gasteiger partial charge on any atom is -0.490 e. The summed E-state index contributed by atoms with van der Waals surface area (Å²) in [5.74, 6) is 1.60. The summed E-state index contributed by atoms with van der Waals surface area (Å²) in [7, 11) is 0. The van der Waals surface area contributed by atoms with E-state index in [0.29, 0.717) is 19.6 Å². The molecule has 2 rings (SSSR count). The minimum absolute atomic E-state index is 0.419. The molecular weight excluding hydrogens is 190 g/mol. The number of nitrogens with zero attached hydrogens (tertiary/aromatic N) is 1. The first-order chi connectivity index (χ1) is 7.33. The lowest BCUT2D eigenvalue weighted by molar-refractivity contribution is 0.296. The third kappa shape index (κ3) is 1.89. The fraction of sp³-hybridized carbons (Fsp3) is 0.417. The fourth-order valence-corrected chi connectivity index (χ4v) is 1.69. The van der Waals surface area contributed by atoms with Crippen molar-refractivity contribution in [2.75, 3.05) is 13.2 Å². The van der Waals surface area contributed by atoms with Crippen LogP contribution in [-0.4, -0.2) is 13.2 Å². The van der Waals surface area contributed by atoms with Crippen LogP contribution in [-0.2, 0) is 6.42 Å². The molecule has 0 bridgehead atoms. The Hall–Kier alpha value is -1.69. The summed E-state index contributed by atoms with van der Waals surface area (Å²) in [6, 6.07) is 5.98. The van der Waals surface area contributed by atoms with Gasteiger partial charge in [-0.1, -0.05) is 6.07 Å². The van der Waals surface area contributed by atoms with Gasteiger partial charge in [-0.2, -0.15) is 5.26 Å². The Morgan fingerprint density at radius 2 is 2.13 bits per heavy atom. The smallest absolute Gasteiger partial charge is 0.164 e. The van der Waals surface area contributed by atoms with Gasteiger partial charge in [-0.15, -0.1) is 0 Å². The maximum atomic E-state index is 8.68. The van der Waals surface area contributed by atoms with Crippen molar-refractivity contribution in [2.45, 2.75) is 19.8 Å². The topological polar surface area (TPSA) is 42.2 Å². The zero-order chi connectivity index (χ0) is 10.7. The minimum atomic E-state index is 0.419.